The minimum atomic E-state index is -1.37. The Bertz CT molecular complexity index is 691. The maximum atomic E-state index is 12.5. The first-order chi connectivity index (χ1) is 10.8. The van der Waals surface area contributed by atoms with Crippen molar-refractivity contribution in [2.24, 2.45) is 4.40 Å². The number of nitrogens with two attached hydrogens (primary N) is 1. The van der Waals surface area contributed by atoms with E-state index in [0.29, 0.717) is 11.4 Å². The molecule has 0 aliphatic heterocycles. The molecule has 2 aromatic rings. The van der Waals surface area contributed by atoms with Crippen molar-refractivity contribution in [3.05, 3.63) is 59.7 Å². The minimum absolute atomic E-state index is 0.432. The molecule has 0 bridgehead atoms. The molecule has 2 rings (SSSR count). The molecule has 0 saturated carbocycles. The quantitative estimate of drug-likeness (QED) is 0.529. The zero-order valence-electron chi connectivity index (χ0n) is 13.9. The van der Waals surface area contributed by atoms with Gasteiger partial charge in [0.05, 0.1) is 7.11 Å². The molecule has 0 radical (unpaired) electrons. The lowest BCUT2D eigenvalue weighted by molar-refractivity contribution is 0.415. The molecule has 0 heterocycles. The predicted octanol–water partition coefficient (Wildman–Crippen LogP) is 3.58. The standard InChI is InChI=1S/C18H22N2O2S/c1-18(2,3)23(21)20-17(14-6-5-7-15(19)12-14)13-8-10-16(22-4)11-9-13/h5-12H,19H2,1-4H3/b20-17+. The van der Waals surface area contributed by atoms with Crippen molar-refractivity contribution >= 4 is 22.8 Å². The highest BCUT2D eigenvalue weighted by Gasteiger charge is 2.28. The summed E-state index contributed by atoms with van der Waals surface area (Å²) in [4.78, 5) is 0. The van der Waals surface area contributed by atoms with Crippen LogP contribution in [-0.4, -0.2) is 22.1 Å². The van der Waals surface area contributed by atoms with Crippen molar-refractivity contribution < 1.29 is 9.29 Å². The summed E-state index contributed by atoms with van der Waals surface area (Å²) in [6, 6.07) is 15.0. The maximum Gasteiger partial charge on any atom is 0.144 e. The number of hydrogen-bond acceptors (Lipinski definition) is 4. The molecule has 0 aromatic heterocycles. The van der Waals surface area contributed by atoms with Crippen LogP contribution >= 0.6 is 0 Å². The smallest absolute Gasteiger partial charge is 0.144 e. The average Bonchev–Trinajstić information content (AvgIpc) is 2.51. The number of methoxy groups -OCH3 is 1. The first-order valence-electron chi connectivity index (χ1n) is 7.32. The molecular formula is C18H22N2O2S. The first kappa shape index (κ1) is 17.4. The summed E-state index contributed by atoms with van der Waals surface area (Å²) in [7, 11) is 1.62. The van der Waals surface area contributed by atoms with Gasteiger partial charge in [-0.3, -0.25) is 0 Å². The van der Waals surface area contributed by atoms with Crippen LogP contribution in [-0.2, 0) is 11.4 Å². The highest BCUT2D eigenvalue weighted by Crippen LogP contribution is 2.22. The second-order valence-corrected chi connectivity index (χ2v) is 8.06. The van der Waals surface area contributed by atoms with E-state index < -0.39 is 16.1 Å². The lowest BCUT2D eigenvalue weighted by atomic mass is 10.0. The molecule has 4 nitrogen and oxygen atoms in total. The Morgan fingerprint density at radius 3 is 2.26 bits per heavy atom. The fourth-order valence-corrected chi connectivity index (χ4v) is 2.58. The van der Waals surface area contributed by atoms with Gasteiger partial charge in [-0.25, -0.2) is 0 Å². The van der Waals surface area contributed by atoms with Gasteiger partial charge in [0.15, 0.2) is 0 Å². The zero-order valence-corrected chi connectivity index (χ0v) is 14.7. The molecule has 2 N–H and O–H groups in total. The molecule has 0 saturated heterocycles. The molecule has 23 heavy (non-hydrogen) atoms. The molecule has 0 aliphatic rings. The third-order valence-corrected chi connectivity index (χ3v) is 4.62. The second kappa shape index (κ2) is 7.06. The summed E-state index contributed by atoms with van der Waals surface area (Å²) in [6.07, 6.45) is 0. The van der Waals surface area contributed by atoms with Crippen LogP contribution in [0.5, 0.6) is 5.75 Å². The summed E-state index contributed by atoms with van der Waals surface area (Å²) in [5, 5.41) is 0. The molecule has 122 valence electrons. The average molecular weight is 330 g/mol. The van der Waals surface area contributed by atoms with E-state index >= 15 is 0 Å². The van der Waals surface area contributed by atoms with E-state index in [0.717, 1.165) is 16.9 Å². The number of rotatable bonds is 4. The minimum Gasteiger partial charge on any atom is -0.591 e. The van der Waals surface area contributed by atoms with E-state index in [1.54, 1.807) is 7.11 Å². The monoisotopic (exact) mass is 330 g/mol. The second-order valence-electron chi connectivity index (χ2n) is 6.16. The van der Waals surface area contributed by atoms with Crippen LogP contribution in [0.3, 0.4) is 0 Å². The Morgan fingerprint density at radius 2 is 1.74 bits per heavy atom. The van der Waals surface area contributed by atoms with Gasteiger partial charge >= 0.3 is 0 Å². The van der Waals surface area contributed by atoms with Gasteiger partial charge in [-0.2, -0.15) is 0 Å². The van der Waals surface area contributed by atoms with Crippen molar-refractivity contribution in [3.8, 4) is 5.75 Å². The topological polar surface area (TPSA) is 70.7 Å². The van der Waals surface area contributed by atoms with Gasteiger partial charge in [-0.05, 0) is 57.2 Å². The fourth-order valence-electron chi connectivity index (χ4n) is 1.93. The van der Waals surface area contributed by atoms with Crippen LogP contribution < -0.4 is 10.5 Å². The van der Waals surface area contributed by atoms with Gasteiger partial charge in [0.2, 0.25) is 0 Å². The normalized spacial score (nSPS) is 13.7. The Kier molecular flexibility index (Phi) is 5.34. The first-order valence-corrected chi connectivity index (χ1v) is 8.43. The van der Waals surface area contributed by atoms with Gasteiger partial charge in [0.25, 0.3) is 0 Å². The van der Waals surface area contributed by atoms with Crippen molar-refractivity contribution in [1.82, 2.24) is 0 Å². The molecule has 5 heteroatoms. The third-order valence-electron chi connectivity index (χ3n) is 3.22. The third kappa shape index (κ3) is 4.50. The highest BCUT2D eigenvalue weighted by molar-refractivity contribution is 7.91. The Morgan fingerprint density at radius 1 is 1.09 bits per heavy atom. The van der Waals surface area contributed by atoms with Crippen LogP contribution in [0.2, 0.25) is 0 Å². The number of ether oxygens (including phenoxy) is 1. The van der Waals surface area contributed by atoms with E-state index in [-0.39, 0.29) is 0 Å². The number of nitrogens with zero attached hydrogens (tertiary/aromatic N) is 1. The maximum absolute atomic E-state index is 12.5. The van der Waals surface area contributed by atoms with Crippen LogP contribution in [0.15, 0.2) is 52.9 Å². The number of anilines is 1. The summed E-state index contributed by atoms with van der Waals surface area (Å²) in [6.45, 7) is 5.70. The van der Waals surface area contributed by atoms with Crippen molar-refractivity contribution in [3.63, 3.8) is 0 Å². The van der Waals surface area contributed by atoms with Crippen LogP contribution in [0.4, 0.5) is 5.69 Å². The van der Waals surface area contributed by atoms with E-state index in [1.807, 2.05) is 69.3 Å². The Balaban J connectivity index is 2.52. The lowest BCUT2D eigenvalue weighted by Crippen LogP contribution is -2.27. The molecular weight excluding hydrogens is 308 g/mol. The van der Waals surface area contributed by atoms with Gasteiger partial charge in [-0.15, -0.1) is 0 Å². The van der Waals surface area contributed by atoms with Crippen molar-refractivity contribution in [2.45, 2.75) is 25.5 Å². The van der Waals surface area contributed by atoms with Crippen molar-refractivity contribution in [2.75, 3.05) is 12.8 Å². The molecule has 0 amide bonds. The van der Waals surface area contributed by atoms with Crippen molar-refractivity contribution in [1.29, 1.82) is 0 Å². The zero-order chi connectivity index (χ0) is 17.0. The fraction of sp³-hybridized carbons (Fsp3) is 0.278. The summed E-state index contributed by atoms with van der Waals surface area (Å²) in [5.41, 5.74) is 8.90. The lowest BCUT2D eigenvalue weighted by Gasteiger charge is -2.19. The number of hydrogen-bond donors (Lipinski definition) is 1. The molecule has 1 unspecified atom stereocenters. The van der Waals surface area contributed by atoms with Gasteiger partial charge < -0.3 is 15.0 Å². The molecule has 0 spiro atoms. The van der Waals surface area contributed by atoms with Gasteiger partial charge in [0, 0.05) is 16.8 Å². The Hall–Kier alpha value is -1.98. The van der Waals surface area contributed by atoms with Crippen LogP contribution in [0, 0.1) is 0 Å². The highest BCUT2D eigenvalue weighted by atomic mass is 32.2. The van der Waals surface area contributed by atoms with E-state index in [4.69, 9.17) is 10.5 Å². The summed E-state index contributed by atoms with van der Waals surface area (Å²) in [5.74, 6) is 0.762. The SMILES string of the molecule is COc1ccc(/C(=N\[S+]([O-])C(C)(C)C)c2cccc(N)c2)cc1. The predicted molar refractivity (Wildman–Crippen MR) is 97.4 cm³/mol. The summed E-state index contributed by atoms with van der Waals surface area (Å²) < 4.78 is 21.7. The molecule has 0 fully saturated rings. The molecule has 0 aliphatic carbocycles. The molecule has 2 aromatic carbocycles. The van der Waals surface area contributed by atoms with E-state index in [2.05, 4.69) is 4.40 Å². The van der Waals surface area contributed by atoms with Crippen LogP contribution in [0.1, 0.15) is 31.9 Å². The number of nitrogen functional groups attached to an aromatic ring is 1. The molecule has 1 atom stereocenters. The Labute approximate surface area is 140 Å². The van der Waals surface area contributed by atoms with E-state index in [9.17, 15) is 4.55 Å². The largest absolute Gasteiger partial charge is 0.591 e. The van der Waals surface area contributed by atoms with Gasteiger partial charge in [-0.1, -0.05) is 16.5 Å². The number of benzene rings is 2. The van der Waals surface area contributed by atoms with E-state index in [1.165, 1.54) is 0 Å². The summed E-state index contributed by atoms with van der Waals surface area (Å²) >= 11 is -1.37. The van der Waals surface area contributed by atoms with Gasteiger partial charge in [0.1, 0.15) is 27.6 Å². The van der Waals surface area contributed by atoms with Crippen LogP contribution in [0.25, 0.3) is 0 Å².